The molecule has 0 bridgehead atoms. The van der Waals surface area contributed by atoms with Crippen LogP contribution in [0.3, 0.4) is 0 Å². The average molecular weight is 425 g/mol. The van der Waals surface area contributed by atoms with Crippen LogP contribution >= 0.6 is 24.8 Å². The van der Waals surface area contributed by atoms with Gasteiger partial charge in [-0.3, -0.25) is 6.08 Å². The molecule has 1 aliphatic carbocycles. The van der Waals surface area contributed by atoms with Crippen molar-refractivity contribution in [3.63, 3.8) is 0 Å². The summed E-state index contributed by atoms with van der Waals surface area (Å²) < 4.78 is 0. The molecule has 0 aromatic heterocycles. The summed E-state index contributed by atoms with van der Waals surface area (Å²) >= 11 is 0. The quantitative estimate of drug-likeness (QED) is 0.443. The predicted octanol–water partition coefficient (Wildman–Crippen LogP) is 5.29. The van der Waals surface area contributed by atoms with E-state index in [1.807, 2.05) is 19.9 Å². The first-order valence-electron chi connectivity index (χ1n) is 6.34. The normalized spacial score (nSPS) is 10.5. The number of hydrogen-bond donors (Lipinski definition) is 1. The van der Waals surface area contributed by atoms with Gasteiger partial charge in [0.05, 0.1) is 0 Å². The second kappa shape index (κ2) is 17.8. The third kappa shape index (κ3) is 15.5. The topological polar surface area (TPSA) is 20.2 Å². The number of rotatable bonds is 0. The maximum Gasteiger partial charge on any atom is 3.00 e. The molecule has 0 aliphatic heterocycles. The summed E-state index contributed by atoms with van der Waals surface area (Å²) in [6.07, 6.45) is 8.63. The molecule has 0 heterocycles. The first kappa shape index (κ1) is 39.2. The number of aromatic hydroxyl groups is 1. The molecule has 1 nitrogen and oxygen atoms in total. The van der Waals surface area contributed by atoms with E-state index < -0.39 is 0 Å². The standard InChI is InChI=1S/C9H13.C8H10O.2CH3.2ClH.H3Si.Ti/c1-9(2,3)8-6-4-5-7-8;1-6-3-7(2)5-8(9)4-6;;;;;;/h4,6H,5H2,1-3H3;3-5,9H,1-2H3;2*1H3;2*1H;1H3;/q-1;;2*-1;;;;+3. The van der Waals surface area contributed by atoms with Crippen LogP contribution in [0.25, 0.3) is 0 Å². The maximum atomic E-state index is 8.99. The molecule has 24 heavy (non-hydrogen) atoms. The number of allylic oxidation sites excluding steroid dienone is 4. The molecule has 2 rings (SSSR count). The molecular weight excluding hydrogens is 391 g/mol. The fourth-order valence-corrected chi connectivity index (χ4v) is 1.87. The predicted molar refractivity (Wildman–Crippen MR) is 115 cm³/mol. The van der Waals surface area contributed by atoms with E-state index in [1.165, 1.54) is 5.57 Å². The minimum atomic E-state index is 0. The van der Waals surface area contributed by atoms with Gasteiger partial charge in [-0.25, -0.2) is 11.6 Å². The van der Waals surface area contributed by atoms with Crippen LogP contribution < -0.4 is 0 Å². The van der Waals surface area contributed by atoms with E-state index in [1.54, 1.807) is 12.1 Å². The molecule has 1 aromatic rings. The first-order valence-corrected chi connectivity index (χ1v) is 6.34. The number of phenolic OH excluding ortho intramolecular Hbond substituents is 1. The molecule has 0 spiro atoms. The van der Waals surface area contributed by atoms with E-state index in [-0.39, 0.29) is 72.4 Å². The van der Waals surface area contributed by atoms with Gasteiger partial charge in [0.25, 0.3) is 0 Å². The van der Waals surface area contributed by atoms with Crippen molar-refractivity contribution in [1.29, 1.82) is 0 Å². The zero-order valence-corrected chi connectivity index (χ0v) is 21.6. The summed E-state index contributed by atoms with van der Waals surface area (Å²) in [6, 6.07) is 5.51. The van der Waals surface area contributed by atoms with Gasteiger partial charge in [0, 0.05) is 0 Å². The molecule has 0 fully saturated rings. The van der Waals surface area contributed by atoms with Crippen LogP contribution in [0.4, 0.5) is 0 Å². The Labute approximate surface area is 182 Å². The Morgan fingerprint density at radius 3 is 1.58 bits per heavy atom. The van der Waals surface area contributed by atoms with Crippen LogP contribution in [0.1, 0.15) is 38.3 Å². The van der Waals surface area contributed by atoms with E-state index in [0.717, 1.165) is 17.5 Å². The van der Waals surface area contributed by atoms with Crippen molar-refractivity contribution in [2.45, 2.75) is 41.0 Å². The van der Waals surface area contributed by atoms with Gasteiger partial charge in [0.15, 0.2) is 0 Å². The SMILES string of the molecule is CC(C)(C)C1=[C-]CC=C1.Cc1cc(C)cc(O)c1.Cl.Cl.[CH3-].[CH3-].[SiH3].[Ti+3]. The van der Waals surface area contributed by atoms with E-state index in [9.17, 15) is 0 Å². The first-order chi connectivity index (χ1) is 8.29. The van der Waals surface area contributed by atoms with Crippen molar-refractivity contribution in [2.75, 3.05) is 0 Å². The van der Waals surface area contributed by atoms with Gasteiger partial charge in [-0.15, -0.1) is 31.2 Å². The van der Waals surface area contributed by atoms with E-state index in [2.05, 4.69) is 39.0 Å². The molecule has 138 valence electrons. The molecule has 0 amide bonds. The summed E-state index contributed by atoms with van der Waals surface area (Å²) in [5, 5.41) is 8.99. The van der Waals surface area contributed by atoms with Crippen molar-refractivity contribution in [3.8, 4) is 5.75 Å². The Hall–Kier alpha value is 0.0112. The number of benzene rings is 1. The Morgan fingerprint density at radius 2 is 1.38 bits per heavy atom. The third-order valence-electron chi connectivity index (χ3n) is 2.71. The minimum absolute atomic E-state index is 0. The van der Waals surface area contributed by atoms with Crippen molar-refractivity contribution in [1.82, 2.24) is 0 Å². The Balaban J connectivity index is -0.0000000540. The summed E-state index contributed by atoms with van der Waals surface area (Å²) in [7, 11) is 0. The Morgan fingerprint density at radius 1 is 0.958 bits per heavy atom. The van der Waals surface area contributed by atoms with Crippen molar-refractivity contribution >= 4 is 35.8 Å². The molecule has 1 aromatic carbocycles. The van der Waals surface area contributed by atoms with E-state index >= 15 is 0 Å². The molecular formula is C19H34Cl2OSiTi. The van der Waals surface area contributed by atoms with Crippen molar-refractivity contribution in [3.05, 3.63) is 68.0 Å². The van der Waals surface area contributed by atoms with Crippen LogP contribution in [0.15, 0.2) is 35.9 Å². The number of hydrogen-bond acceptors (Lipinski definition) is 1. The summed E-state index contributed by atoms with van der Waals surface area (Å²) in [5.74, 6) is 0.354. The van der Waals surface area contributed by atoms with Crippen LogP contribution in [0.2, 0.25) is 0 Å². The molecule has 0 atom stereocenters. The number of aryl methyl sites for hydroxylation is 2. The van der Waals surface area contributed by atoms with Gasteiger partial charge in [-0.05, 0) is 53.5 Å². The van der Waals surface area contributed by atoms with Gasteiger partial charge in [-0.2, -0.15) is 6.08 Å². The summed E-state index contributed by atoms with van der Waals surface area (Å²) in [6.45, 7) is 10.6. The minimum Gasteiger partial charge on any atom is -0.508 e. The zero-order chi connectivity index (χ0) is 13.8. The van der Waals surface area contributed by atoms with Crippen molar-refractivity contribution in [2.24, 2.45) is 5.41 Å². The molecule has 1 aliphatic rings. The largest absolute Gasteiger partial charge is 3.00 e. The second-order valence-electron chi connectivity index (χ2n) is 5.79. The summed E-state index contributed by atoms with van der Waals surface area (Å²) in [5.41, 5.74) is 3.86. The average Bonchev–Trinajstić information content (AvgIpc) is 2.66. The molecule has 5 heteroatoms. The smallest absolute Gasteiger partial charge is 0.508 e. The van der Waals surface area contributed by atoms with Gasteiger partial charge in [0.2, 0.25) is 0 Å². The second-order valence-corrected chi connectivity index (χ2v) is 5.79. The molecule has 0 unspecified atom stereocenters. The molecule has 2 radical (unpaired) electrons. The monoisotopic (exact) mass is 424 g/mol. The van der Waals surface area contributed by atoms with E-state index in [4.69, 9.17) is 5.11 Å². The van der Waals surface area contributed by atoms with Crippen LogP contribution in [-0.2, 0) is 21.7 Å². The number of phenols is 1. The van der Waals surface area contributed by atoms with Gasteiger partial charge >= 0.3 is 21.7 Å². The van der Waals surface area contributed by atoms with Crippen LogP contribution in [0.5, 0.6) is 5.75 Å². The van der Waals surface area contributed by atoms with Gasteiger partial charge < -0.3 is 20.0 Å². The molecule has 0 saturated heterocycles. The fourth-order valence-electron chi connectivity index (χ4n) is 1.87. The van der Waals surface area contributed by atoms with Gasteiger partial charge in [-0.1, -0.05) is 26.8 Å². The fraction of sp³-hybridized carbons (Fsp3) is 0.368. The third-order valence-corrected chi connectivity index (χ3v) is 2.71. The van der Waals surface area contributed by atoms with Crippen LogP contribution in [-0.4, -0.2) is 16.1 Å². The number of halogens is 2. The van der Waals surface area contributed by atoms with E-state index in [0.29, 0.717) is 11.2 Å². The van der Waals surface area contributed by atoms with Crippen molar-refractivity contribution < 1.29 is 26.8 Å². The van der Waals surface area contributed by atoms with Crippen LogP contribution in [0, 0.1) is 40.2 Å². The summed E-state index contributed by atoms with van der Waals surface area (Å²) in [4.78, 5) is 0. The zero-order valence-electron chi connectivity index (χ0n) is 16.4. The maximum absolute atomic E-state index is 8.99. The molecule has 1 N–H and O–H groups in total. The Bertz CT molecular complexity index is 430. The van der Waals surface area contributed by atoms with Gasteiger partial charge in [0.1, 0.15) is 5.75 Å². The molecule has 0 saturated carbocycles. The Kier molecular flexibility index (Phi) is 29.1.